The Bertz CT molecular complexity index is 614. The lowest BCUT2D eigenvalue weighted by atomic mass is 10.1. The fraction of sp³-hybridized carbons (Fsp3) is 0.357. The van der Waals surface area contributed by atoms with Gasteiger partial charge in [-0.2, -0.15) is 0 Å². The minimum atomic E-state index is -0.487. The summed E-state index contributed by atoms with van der Waals surface area (Å²) in [5.74, 6) is 0.922. The zero-order chi connectivity index (χ0) is 14.1. The van der Waals surface area contributed by atoms with Crippen LogP contribution in [0.5, 0.6) is 5.75 Å². The molecule has 2 heterocycles. The second-order valence-electron chi connectivity index (χ2n) is 5.01. The molecule has 6 heteroatoms. The number of hydrogen-bond donors (Lipinski definition) is 1. The highest BCUT2D eigenvalue weighted by Gasteiger charge is 2.29. The van der Waals surface area contributed by atoms with Crippen molar-refractivity contribution in [3.63, 3.8) is 0 Å². The molecular formula is C14H15N3O2S. The number of nitrogens with zero attached hydrogens (tertiary/aromatic N) is 2. The van der Waals surface area contributed by atoms with Gasteiger partial charge in [0.05, 0.1) is 0 Å². The molecule has 1 aromatic heterocycles. The van der Waals surface area contributed by atoms with Gasteiger partial charge in [-0.25, -0.2) is 0 Å². The smallest absolute Gasteiger partial charge is 0.267 e. The van der Waals surface area contributed by atoms with Crippen molar-refractivity contribution in [2.45, 2.75) is 32.3 Å². The molecule has 1 amide bonds. The van der Waals surface area contributed by atoms with Gasteiger partial charge in [-0.3, -0.25) is 10.1 Å². The van der Waals surface area contributed by atoms with Crippen LogP contribution in [-0.2, 0) is 11.2 Å². The minimum Gasteiger partial charge on any atom is -0.480 e. The first-order chi connectivity index (χ1) is 9.63. The summed E-state index contributed by atoms with van der Waals surface area (Å²) in [5.41, 5.74) is 1.06. The monoisotopic (exact) mass is 289 g/mol. The van der Waals surface area contributed by atoms with E-state index in [1.165, 1.54) is 11.3 Å². The molecule has 0 bridgehead atoms. The molecule has 0 unspecified atom stereocenters. The Morgan fingerprint density at radius 3 is 2.90 bits per heavy atom. The van der Waals surface area contributed by atoms with E-state index in [4.69, 9.17) is 4.74 Å². The maximum absolute atomic E-state index is 12.2. The number of rotatable bonds is 3. The van der Waals surface area contributed by atoms with Crippen LogP contribution in [0.4, 0.5) is 5.13 Å². The van der Waals surface area contributed by atoms with Crippen molar-refractivity contribution in [1.29, 1.82) is 0 Å². The minimum absolute atomic E-state index is 0.173. The lowest BCUT2D eigenvalue weighted by molar-refractivity contribution is -0.122. The molecule has 1 aliphatic rings. The van der Waals surface area contributed by atoms with Gasteiger partial charge in [0.15, 0.2) is 6.10 Å². The van der Waals surface area contributed by atoms with E-state index in [0.717, 1.165) is 16.3 Å². The Balaban J connectivity index is 1.66. The number of benzene rings is 1. The number of carbonyl (C=O) groups is 1. The molecule has 20 heavy (non-hydrogen) atoms. The van der Waals surface area contributed by atoms with E-state index < -0.39 is 6.10 Å². The molecular weight excluding hydrogens is 274 g/mol. The molecule has 3 rings (SSSR count). The summed E-state index contributed by atoms with van der Waals surface area (Å²) >= 11 is 1.40. The fourth-order valence-corrected chi connectivity index (χ4v) is 2.78. The van der Waals surface area contributed by atoms with Crippen molar-refractivity contribution in [1.82, 2.24) is 10.2 Å². The summed E-state index contributed by atoms with van der Waals surface area (Å²) in [5, 5.41) is 12.2. The Kier molecular flexibility index (Phi) is 3.40. The second-order valence-corrected chi connectivity index (χ2v) is 6.02. The first-order valence-corrected chi connectivity index (χ1v) is 7.34. The Morgan fingerprint density at radius 1 is 1.40 bits per heavy atom. The molecule has 1 atom stereocenters. The van der Waals surface area contributed by atoms with E-state index in [0.29, 0.717) is 17.5 Å². The molecule has 0 spiro atoms. The molecule has 1 aromatic carbocycles. The van der Waals surface area contributed by atoms with Crippen molar-refractivity contribution >= 4 is 22.4 Å². The molecule has 5 nitrogen and oxygen atoms in total. The third-order valence-electron chi connectivity index (χ3n) is 3.10. The van der Waals surface area contributed by atoms with Gasteiger partial charge in [0.1, 0.15) is 10.8 Å². The predicted molar refractivity (Wildman–Crippen MR) is 77.2 cm³/mol. The average molecular weight is 289 g/mol. The maximum atomic E-state index is 12.2. The van der Waals surface area contributed by atoms with Crippen molar-refractivity contribution in [3.8, 4) is 5.75 Å². The third-order valence-corrected chi connectivity index (χ3v) is 4.24. The summed E-state index contributed by atoms with van der Waals surface area (Å²) in [6, 6.07) is 7.70. The number of nitrogens with one attached hydrogen (secondary N) is 1. The van der Waals surface area contributed by atoms with Crippen molar-refractivity contribution in [2.75, 3.05) is 5.32 Å². The Hall–Kier alpha value is -1.95. The highest BCUT2D eigenvalue weighted by Crippen LogP contribution is 2.29. The van der Waals surface area contributed by atoms with Crippen LogP contribution >= 0.6 is 11.3 Å². The largest absolute Gasteiger partial charge is 0.480 e. The standard InChI is InChI=1S/C14H15N3O2S/c1-8(2)13-16-17-14(20-13)15-12(18)11-7-9-5-3-4-6-10(9)19-11/h3-6,8,11H,7H2,1-2H3,(H,15,17,18)/t11-/m0/s1. The van der Waals surface area contributed by atoms with Crippen LogP contribution in [0, 0.1) is 0 Å². The van der Waals surface area contributed by atoms with Gasteiger partial charge in [-0.05, 0) is 11.6 Å². The number of aromatic nitrogens is 2. The van der Waals surface area contributed by atoms with Gasteiger partial charge < -0.3 is 4.74 Å². The van der Waals surface area contributed by atoms with Gasteiger partial charge in [0.2, 0.25) is 5.13 Å². The Morgan fingerprint density at radius 2 is 2.20 bits per heavy atom. The maximum Gasteiger partial charge on any atom is 0.267 e. The number of amides is 1. The van der Waals surface area contributed by atoms with Crippen LogP contribution in [0.1, 0.15) is 30.3 Å². The summed E-state index contributed by atoms with van der Waals surface area (Å²) in [6.07, 6.45) is 0.108. The van der Waals surface area contributed by atoms with Gasteiger partial charge in [-0.15, -0.1) is 10.2 Å². The van der Waals surface area contributed by atoms with Gasteiger partial charge in [0.25, 0.3) is 5.91 Å². The average Bonchev–Trinajstić information content (AvgIpc) is 3.04. The van der Waals surface area contributed by atoms with E-state index in [9.17, 15) is 4.79 Å². The van der Waals surface area contributed by atoms with Crippen LogP contribution in [0.3, 0.4) is 0 Å². The van der Waals surface area contributed by atoms with Crippen LogP contribution in [0.2, 0.25) is 0 Å². The van der Waals surface area contributed by atoms with Crippen molar-refractivity contribution < 1.29 is 9.53 Å². The number of fused-ring (bicyclic) bond motifs is 1. The first kappa shape index (κ1) is 13.1. The number of para-hydroxylation sites is 1. The topological polar surface area (TPSA) is 64.1 Å². The number of ether oxygens (including phenoxy) is 1. The molecule has 0 radical (unpaired) electrons. The van der Waals surface area contributed by atoms with E-state index in [2.05, 4.69) is 15.5 Å². The fourth-order valence-electron chi connectivity index (χ4n) is 2.03. The molecule has 2 aromatic rings. The van der Waals surface area contributed by atoms with Crippen molar-refractivity contribution in [3.05, 3.63) is 34.8 Å². The number of hydrogen-bond acceptors (Lipinski definition) is 5. The van der Waals surface area contributed by atoms with E-state index in [1.54, 1.807) is 0 Å². The molecule has 0 fully saturated rings. The van der Waals surface area contributed by atoms with E-state index in [1.807, 2.05) is 38.1 Å². The number of carbonyl (C=O) groups excluding carboxylic acids is 1. The summed E-state index contributed by atoms with van der Waals surface area (Å²) in [4.78, 5) is 12.2. The molecule has 104 valence electrons. The first-order valence-electron chi connectivity index (χ1n) is 6.52. The quantitative estimate of drug-likeness (QED) is 0.943. The van der Waals surface area contributed by atoms with E-state index in [-0.39, 0.29) is 5.91 Å². The van der Waals surface area contributed by atoms with Gasteiger partial charge in [0, 0.05) is 12.3 Å². The molecule has 0 saturated carbocycles. The second kappa shape index (κ2) is 5.20. The lowest BCUT2D eigenvalue weighted by Gasteiger charge is -2.08. The normalized spacial score (nSPS) is 16.9. The molecule has 1 N–H and O–H groups in total. The number of anilines is 1. The van der Waals surface area contributed by atoms with Crippen LogP contribution in [0.15, 0.2) is 24.3 Å². The molecule has 1 aliphatic heterocycles. The third kappa shape index (κ3) is 2.51. The van der Waals surface area contributed by atoms with Crippen molar-refractivity contribution in [2.24, 2.45) is 0 Å². The highest BCUT2D eigenvalue weighted by atomic mass is 32.1. The van der Waals surface area contributed by atoms with Crippen LogP contribution < -0.4 is 10.1 Å². The SMILES string of the molecule is CC(C)c1nnc(NC(=O)[C@@H]2Cc3ccccc3O2)s1. The van der Waals surface area contributed by atoms with Gasteiger partial charge in [-0.1, -0.05) is 43.4 Å². The zero-order valence-corrected chi connectivity index (χ0v) is 12.1. The Labute approximate surface area is 121 Å². The summed E-state index contributed by atoms with van der Waals surface area (Å²) < 4.78 is 5.64. The summed E-state index contributed by atoms with van der Waals surface area (Å²) in [7, 11) is 0. The van der Waals surface area contributed by atoms with Gasteiger partial charge >= 0.3 is 0 Å². The highest BCUT2D eigenvalue weighted by molar-refractivity contribution is 7.15. The predicted octanol–water partition coefficient (Wildman–Crippen LogP) is 2.60. The van der Waals surface area contributed by atoms with Crippen LogP contribution in [0.25, 0.3) is 0 Å². The molecule has 0 saturated heterocycles. The molecule has 0 aliphatic carbocycles. The zero-order valence-electron chi connectivity index (χ0n) is 11.3. The summed E-state index contributed by atoms with van der Waals surface area (Å²) in [6.45, 7) is 4.09. The van der Waals surface area contributed by atoms with Crippen LogP contribution in [-0.4, -0.2) is 22.2 Å². The van der Waals surface area contributed by atoms with E-state index >= 15 is 0 Å². The lowest BCUT2D eigenvalue weighted by Crippen LogP contribution is -2.31.